The van der Waals surface area contributed by atoms with Crippen LogP contribution in [0.4, 0.5) is 0 Å². The van der Waals surface area contributed by atoms with Crippen molar-refractivity contribution in [3.05, 3.63) is 29.3 Å². The Morgan fingerprint density at radius 3 is 2.58 bits per heavy atom. The number of aldehydes is 1. The van der Waals surface area contributed by atoms with Crippen molar-refractivity contribution < 1.29 is 4.79 Å². The Kier molecular flexibility index (Phi) is 5.21. The highest BCUT2D eigenvalue weighted by Crippen LogP contribution is 2.50. The molecule has 138 valence electrons. The normalized spacial score (nSPS) is 36.1. The van der Waals surface area contributed by atoms with Crippen LogP contribution in [-0.2, 0) is 4.79 Å². The molecule has 2 aliphatic heterocycles. The predicted octanol–water partition coefficient (Wildman–Crippen LogP) is 5.28. The summed E-state index contributed by atoms with van der Waals surface area (Å²) in [5, 5.41) is 10.7. The van der Waals surface area contributed by atoms with E-state index in [9.17, 15) is 10.1 Å². The Balaban J connectivity index is 1.35. The largest absolute Gasteiger partial charge is 0.304 e. The van der Waals surface area contributed by atoms with Crippen LogP contribution in [-0.4, -0.2) is 28.5 Å². The highest BCUT2D eigenvalue weighted by atomic mass is 35.5. The van der Waals surface area contributed by atoms with Crippen molar-refractivity contribution in [2.75, 3.05) is 0 Å². The van der Waals surface area contributed by atoms with Gasteiger partial charge in [0, 0.05) is 32.7 Å². The first kappa shape index (κ1) is 18.2. The highest BCUT2D eigenvalue weighted by Gasteiger charge is 2.49. The van der Waals surface area contributed by atoms with E-state index in [4.69, 9.17) is 11.6 Å². The number of fused-ring (bicyclic) bond motifs is 2. The van der Waals surface area contributed by atoms with Gasteiger partial charge in [0.1, 0.15) is 6.29 Å². The zero-order chi connectivity index (χ0) is 18.1. The van der Waals surface area contributed by atoms with Crippen LogP contribution >= 0.6 is 23.4 Å². The summed E-state index contributed by atoms with van der Waals surface area (Å²) in [6.07, 6.45) is 12.2. The fourth-order valence-corrected chi connectivity index (χ4v) is 6.65. The molecule has 1 aromatic carbocycles. The maximum atomic E-state index is 12.0. The number of hydrogen-bond acceptors (Lipinski definition) is 4. The molecule has 5 heteroatoms. The van der Waals surface area contributed by atoms with Crippen molar-refractivity contribution in [3.8, 4) is 6.19 Å². The van der Waals surface area contributed by atoms with Gasteiger partial charge in [0.05, 0.1) is 0 Å². The Hall–Kier alpha value is -1.18. The molecule has 4 rings (SSSR count). The van der Waals surface area contributed by atoms with Crippen LogP contribution in [0.15, 0.2) is 29.2 Å². The van der Waals surface area contributed by atoms with Gasteiger partial charge in [-0.15, -0.1) is 11.8 Å². The summed E-state index contributed by atoms with van der Waals surface area (Å²) >= 11 is 7.88. The standard InChI is InChI=1S/C21H25ClN2OS/c22-16-1-4-18(5-2-16)26-19-7-9-21(13-25,10-8-19)12-15-11-17-3-6-20(15)24(17)14-23/h1-2,4-5,13,15,17,19-20H,3,6-12H2. The third-order valence-corrected chi connectivity index (χ3v) is 8.35. The lowest BCUT2D eigenvalue weighted by molar-refractivity contribution is -0.119. The molecule has 3 fully saturated rings. The van der Waals surface area contributed by atoms with E-state index in [0.717, 1.165) is 56.4 Å². The van der Waals surface area contributed by atoms with E-state index in [1.54, 1.807) is 0 Å². The van der Waals surface area contributed by atoms with Gasteiger partial charge in [0.2, 0.25) is 0 Å². The lowest BCUT2D eigenvalue weighted by atomic mass is 9.67. The summed E-state index contributed by atoms with van der Waals surface area (Å²) < 4.78 is 0. The highest BCUT2D eigenvalue weighted by molar-refractivity contribution is 8.00. The van der Waals surface area contributed by atoms with Crippen LogP contribution in [0.25, 0.3) is 0 Å². The second kappa shape index (κ2) is 7.44. The molecule has 3 atom stereocenters. The first-order valence-electron chi connectivity index (χ1n) is 9.69. The third-order valence-electron chi connectivity index (χ3n) is 6.74. The average Bonchev–Trinajstić information content (AvgIpc) is 3.22. The molecule has 2 bridgehead atoms. The Bertz CT molecular complexity index is 693. The number of hydrogen-bond donors (Lipinski definition) is 0. The lowest BCUT2D eigenvalue weighted by Gasteiger charge is -2.39. The SMILES string of the molecule is N#CN1C2CCC1C(CC1(C=O)CCC(Sc3ccc(Cl)cc3)CC1)C2. The van der Waals surface area contributed by atoms with Crippen LogP contribution < -0.4 is 0 Å². The Labute approximate surface area is 165 Å². The maximum absolute atomic E-state index is 12.0. The summed E-state index contributed by atoms with van der Waals surface area (Å²) in [5.41, 5.74) is -0.159. The van der Waals surface area contributed by atoms with E-state index < -0.39 is 0 Å². The minimum atomic E-state index is -0.159. The van der Waals surface area contributed by atoms with Crippen LogP contribution in [0.5, 0.6) is 0 Å². The smallest absolute Gasteiger partial charge is 0.179 e. The van der Waals surface area contributed by atoms with Gasteiger partial charge in [-0.3, -0.25) is 0 Å². The van der Waals surface area contributed by atoms with Crippen molar-refractivity contribution in [1.82, 2.24) is 4.90 Å². The number of nitriles is 1. The molecule has 3 unspecified atom stereocenters. The van der Waals surface area contributed by atoms with E-state index in [-0.39, 0.29) is 5.41 Å². The molecule has 1 aliphatic carbocycles. The maximum Gasteiger partial charge on any atom is 0.179 e. The second-order valence-electron chi connectivity index (χ2n) is 8.26. The average molecular weight is 389 g/mol. The summed E-state index contributed by atoms with van der Waals surface area (Å²) in [6.45, 7) is 0. The number of thioether (sulfide) groups is 1. The number of benzene rings is 1. The molecule has 3 nitrogen and oxygen atoms in total. The number of carbonyl (C=O) groups excluding carboxylic acids is 1. The van der Waals surface area contributed by atoms with Gasteiger partial charge in [0.25, 0.3) is 0 Å². The fraction of sp³-hybridized carbons (Fsp3) is 0.619. The Morgan fingerprint density at radius 2 is 1.96 bits per heavy atom. The van der Waals surface area contributed by atoms with E-state index in [0.29, 0.717) is 23.3 Å². The number of nitrogens with zero attached hydrogens (tertiary/aromatic N) is 2. The minimum Gasteiger partial charge on any atom is -0.304 e. The van der Waals surface area contributed by atoms with Gasteiger partial charge in [-0.25, -0.2) is 0 Å². The zero-order valence-electron chi connectivity index (χ0n) is 14.9. The first-order valence-corrected chi connectivity index (χ1v) is 10.9. The van der Waals surface area contributed by atoms with E-state index in [2.05, 4.69) is 18.3 Å². The summed E-state index contributed by atoms with van der Waals surface area (Å²) in [6, 6.07) is 8.89. The molecule has 2 heterocycles. The molecule has 0 amide bonds. The van der Waals surface area contributed by atoms with Crippen LogP contribution in [0.1, 0.15) is 51.4 Å². The molecule has 0 spiro atoms. The molecule has 1 aromatic rings. The molecule has 0 radical (unpaired) electrons. The molecule has 2 saturated heterocycles. The van der Waals surface area contributed by atoms with Gasteiger partial charge in [-0.05, 0) is 81.5 Å². The van der Waals surface area contributed by atoms with Gasteiger partial charge in [-0.1, -0.05) is 11.6 Å². The zero-order valence-corrected chi connectivity index (χ0v) is 16.5. The molecular weight excluding hydrogens is 364 g/mol. The minimum absolute atomic E-state index is 0.159. The summed E-state index contributed by atoms with van der Waals surface area (Å²) in [7, 11) is 0. The summed E-state index contributed by atoms with van der Waals surface area (Å²) in [4.78, 5) is 15.3. The van der Waals surface area contributed by atoms with E-state index in [1.807, 2.05) is 28.8 Å². The second-order valence-corrected chi connectivity index (χ2v) is 10.1. The Morgan fingerprint density at radius 1 is 1.23 bits per heavy atom. The molecule has 0 N–H and O–H groups in total. The first-order chi connectivity index (χ1) is 12.6. The third kappa shape index (κ3) is 3.49. The topological polar surface area (TPSA) is 44.1 Å². The van der Waals surface area contributed by atoms with Crippen molar-refractivity contribution in [3.63, 3.8) is 0 Å². The van der Waals surface area contributed by atoms with Crippen LogP contribution in [0.2, 0.25) is 5.02 Å². The number of carbonyl (C=O) groups is 1. The van der Waals surface area contributed by atoms with E-state index in [1.165, 1.54) is 11.2 Å². The van der Waals surface area contributed by atoms with Crippen molar-refractivity contribution in [2.45, 2.75) is 73.6 Å². The van der Waals surface area contributed by atoms with Crippen LogP contribution in [0.3, 0.4) is 0 Å². The molecule has 26 heavy (non-hydrogen) atoms. The fourth-order valence-electron chi connectivity index (χ4n) is 5.37. The lowest BCUT2D eigenvalue weighted by Crippen LogP contribution is -2.35. The molecule has 0 aromatic heterocycles. The molecular formula is C21H25ClN2OS. The van der Waals surface area contributed by atoms with Gasteiger partial charge in [0.15, 0.2) is 6.19 Å². The van der Waals surface area contributed by atoms with Gasteiger partial charge in [-0.2, -0.15) is 5.26 Å². The van der Waals surface area contributed by atoms with Crippen molar-refractivity contribution >= 4 is 29.6 Å². The quantitative estimate of drug-likeness (QED) is 0.508. The van der Waals surface area contributed by atoms with E-state index >= 15 is 0 Å². The number of rotatable bonds is 5. The van der Waals surface area contributed by atoms with Crippen molar-refractivity contribution in [1.29, 1.82) is 5.26 Å². The van der Waals surface area contributed by atoms with Gasteiger partial charge < -0.3 is 9.69 Å². The summed E-state index contributed by atoms with van der Waals surface area (Å²) in [5.74, 6) is 0.527. The van der Waals surface area contributed by atoms with Crippen LogP contribution in [0, 0.1) is 22.8 Å². The predicted molar refractivity (Wildman–Crippen MR) is 105 cm³/mol. The molecule has 3 aliphatic rings. The monoisotopic (exact) mass is 388 g/mol. The van der Waals surface area contributed by atoms with Gasteiger partial charge >= 0.3 is 0 Å². The number of halogens is 1. The van der Waals surface area contributed by atoms with Crippen molar-refractivity contribution in [2.24, 2.45) is 11.3 Å². The molecule has 1 saturated carbocycles.